The van der Waals surface area contributed by atoms with Crippen molar-refractivity contribution in [3.63, 3.8) is 0 Å². The number of rotatable bonds is 7. The van der Waals surface area contributed by atoms with E-state index in [1.807, 2.05) is 0 Å². The fraction of sp³-hybridized carbons (Fsp3) is 0.316. The van der Waals surface area contributed by atoms with E-state index in [1.54, 1.807) is 19.9 Å². The normalized spacial score (nSPS) is 11.7. The monoisotopic (exact) mass is 394 g/mol. The molecule has 0 spiro atoms. The highest BCUT2D eigenvalue weighted by Gasteiger charge is 2.22. The predicted molar refractivity (Wildman–Crippen MR) is 102 cm³/mol. The zero-order valence-electron chi connectivity index (χ0n) is 15.7. The molecule has 146 valence electrons. The molecule has 27 heavy (non-hydrogen) atoms. The quantitative estimate of drug-likeness (QED) is 0.783. The number of amides is 1. The molecule has 0 heterocycles. The number of benzene rings is 2. The van der Waals surface area contributed by atoms with E-state index in [1.165, 1.54) is 54.9 Å². The fourth-order valence-electron chi connectivity index (χ4n) is 2.36. The Bertz CT molecular complexity index is 912. The number of ether oxygens (including phenoxy) is 1. The molecule has 0 aliphatic heterocycles. The van der Waals surface area contributed by atoms with E-state index < -0.39 is 15.8 Å². The average molecular weight is 394 g/mol. The molecule has 0 aromatic heterocycles. The van der Waals surface area contributed by atoms with Crippen molar-refractivity contribution in [1.82, 2.24) is 4.31 Å². The zero-order chi connectivity index (χ0) is 20.2. The van der Waals surface area contributed by atoms with Gasteiger partial charge in [0.15, 0.2) is 11.6 Å². The summed E-state index contributed by atoms with van der Waals surface area (Å²) in [6.07, 6.45) is -0.0168. The van der Waals surface area contributed by atoms with Crippen LogP contribution in [0.15, 0.2) is 47.4 Å². The number of sulfonamides is 1. The smallest absolute Gasteiger partial charge is 0.243 e. The van der Waals surface area contributed by atoms with E-state index in [0.717, 1.165) is 0 Å². The van der Waals surface area contributed by atoms with Gasteiger partial charge in [-0.2, -0.15) is 4.31 Å². The zero-order valence-corrected chi connectivity index (χ0v) is 16.5. The van der Waals surface area contributed by atoms with E-state index >= 15 is 0 Å². The van der Waals surface area contributed by atoms with Gasteiger partial charge in [-0.05, 0) is 55.8 Å². The topological polar surface area (TPSA) is 75.7 Å². The van der Waals surface area contributed by atoms with Gasteiger partial charge < -0.3 is 10.1 Å². The molecule has 0 unspecified atom stereocenters. The first-order valence-electron chi connectivity index (χ1n) is 8.35. The van der Waals surface area contributed by atoms with Crippen LogP contribution in [-0.2, 0) is 21.2 Å². The summed E-state index contributed by atoms with van der Waals surface area (Å²) in [6, 6.07) is 10.1. The number of hydrogen-bond donors (Lipinski definition) is 1. The minimum atomic E-state index is -3.58. The van der Waals surface area contributed by atoms with Crippen molar-refractivity contribution in [3.05, 3.63) is 53.8 Å². The van der Waals surface area contributed by atoms with Crippen molar-refractivity contribution in [1.29, 1.82) is 0 Å². The number of nitrogens with one attached hydrogen (secondary N) is 1. The molecule has 6 nitrogen and oxygen atoms in total. The van der Waals surface area contributed by atoms with Gasteiger partial charge in [0.2, 0.25) is 15.9 Å². The molecule has 0 bridgehead atoms. The minimum Gasteiger partial charge on any atom is -0.494 e. The van der Waals surface area contributed by atoms with Crippen molar-refractivity contribution in [2.24, 2.45) is 0 Å². The van der Waals surface area contributed by atoms with E-state index in [4.69, 9.17) is 4.74 Å². The molecule has 1 N–H and O–H groups in total. The van der Waals surface area contributed by atoms with Gasteiger partial charge in [-0.3, -0.25) is 4.79 Å². The summed E-state index contributed by atoms with van der Waals surface area (Å²) in [5.74, 6) is -0.761. The van der Waals surface area contributed by atoms with Gasteiger partial charge in [0.05, 0.1) is 18.4 Å². The number of nitrogens with zero attached hydrogens (tertiary/aromatic N) is 1. The Morgan fingerprint density at radius 3 is 2.33 bits per heavy atom. The summed E-state index contributed by atoms with van der Waals surface area (Å²) >= 11 is 0. The average Bonchev–Trinajstić information content (AvgIpc) is 2.61. The molecule has 2 aromatic rings. The maximum Gasteiger partial charge on any atom is 0.243 e. The predicted octanol–water partition coefficient (Wildman–Crippen LogP) is 3.04. The summed E-state index contributed by atoms with van der Waals surface area (Å²) in [7, 11) is -0.690. The Morgan fingerprint density at radius 2 is 1.81 bits per heavy atom. The van der Waals surface area contributed by atoms with Crippen LogP contribution in [0, 0.1) is 5.82 Å². The molecular formula is C19H23FN2O4S. The third kappa shape index (κ3) is 5.05. The highest BCUT2D eigenvalue weighted by atomic mass is 32.2. The van der Waals surface area contributed by atoms with Crippen LogP contribution in [0.5, 0.6) is 5.75 Å². The molecule has 0 fully saturated rings. The summed E-state index contributed by atoms with van der Waals surface area (Å²) in [5.41, 5.74) is 0.962. The number of carbonyl (C=O) groups is 1. The third-order valence-corrected chi connectivity index (χ3v) is 6.17. The molecule has 8 heteroatoms. The Morgan fingerprint density at radius 1 is 1.19 bits per heavy atom. The second-order valence-corrected chi connectivity index (χ2v) is 8.33. The lowest BCUT2D eigenvalue weighted by molar-refractivity contribution is -0.115. The molecule has 0 radical (unpaired) electrons. The molecule has 0 aliphatic carbocycles. The summed E-state index contributed by atoms with van der Waals surface area (Å²) in [4.78, 5) is 12.3. The Labute approximate surface area is 159 Å². The first-order valence-corrected chi connectivity index (χ1v) is 9.79. The van der Waals surface area contributed by atoms with Crippen molar-refractivity contribution in [3.8, 4) is 5.75 Å². The highest BCUT2D eigenvalue weighted by Crippen LogP contribution is 2.20. The lowest BCUT2D eigenvalue weighted by Gasteiger charge is -2.21. The molecule has 0 saturated carbocycles. The van der Waals surface area contributed by atoms with Gasteiger partial charge >= 0.3 is 0 Å². The van der Waals surface area contributed by atoms with Gasteiger partial charge in [0.25, 0.3) is 0 Å². The van der Waals surface area contributed by atoms with Crippen LogP contribution in [-0.4, -0.2) is 38.8 Å². The summed E-state index contributed by atoms with van der Waals surface area (Å²) in [5, 5.41) is 2.67. The molecule has 0 atom stereocenters. The molecule has 0 aliphatic rings. The van der Waals surface area contributed by atoms with Crippen molar-refractivity contribution >= 4 is 21.6 Å². The first-order chi connectivity index (χ1) is 12.6. The standard InChI is InChI=1S/C19H23FN2O4S/c1-13(2)22(3)27(24,25)16-8-6-15(7-9-16)21-19(23)12-14-5-10-18(26-4)17(20)11-14/h5-11,13H,12H2,1-4H3,(H,21,23). The molecule has 1 amide bonds. The van der Waals surface area contributed by atoms with E-state index in [2.05, 4.69) is 5.32 Å². The molecule has 2 aromatic carbocycles. The SMILES string of the molecule is COc1ccc(CC(=O)Nc2ccc(S(=O)(=O)N(C)C(C)C)cc2)cc1F. The van der Waals surface area contributed by atoms with Gasteiger partial charge in [0.1, 0.15) is 0 Å². The Hall–Kier alpha value is -2.45. The van der Waals surface area contributed by atoms with Crippen LogP contribution in [0.25, 0.3) is 0 Å². The van der Waals surface area contributed by atoms with Gasteiger partial charge in [-0.25, -0.2) is 12.8 Å². The summed E-state index contributed by atoms with van der Waals surface area (Å²) in [6.45, 7) is 3.57. The van der Waals surface area contributed by atoms with Crippen molar-refractivity contribution in [2.45, 2.75) is 31.2 Å². The van der Waals surface area contributed by atoms with Gasteiger partial charge in [-0.1, -0.05) is 6.07 Å². The van der Waals surface area contributed by atoms with E-state index in [0.29, 0.717) is 11.3 Å². The van der Waals surface area contributed by atoms with Gasteiger partial charge in [0, 0.05) is 18.8 Å². The number of anilines is 1. The van der Waals surface area contributed by atoms with Crippen molar-refractivity contribution < 1.29 is 22.3 Å². The second kappa shape index (κ2) is 8.49. The van der Waals surface area contributed by atoms with Crippen LogP contribution < -0.4 is 10.1 Å². The lowest BCUT2D eigenvalue weighted by Crippen LogP contribution is -2.33. The minimum absolute atomic E-state index is 0.0168. The van der Waals surface area contributed by atoms with Crippen LogP contribution in [0.1, 0.15) is 19.4 Å². The van der Waals surface area contributed by atoms with E-state index in [9.17, 15) is 17.6 Å². The summed E-state index contributed by atoms with van der Waals surface area (Å²) < 4.78 is 44.7. The van der Waals surface area contributed by atoms with Crippen LogP contribution >= 0.6 is 0 Å². The number of carbonyl (C=O) groups excluding carboxylic acids is 1. The second-order valence-electron chi connectivity index (χ2n) is 6.33. The molecule has 2 rings (SSSR count). The number of halogens is 1. The van der Waals surface area contributed by atoms with Crippen LogP contribution in [0.3, 0.4) is 0 Å². The van der Waals surface area contributed by atoms with Crippen LogP contribution in [0.4, 0.5) is 10.1 Å². The maximum atomic E-state index is 13.7. The highest BCUT2D eigenvalue weighted by molar-refractivity contribution is 7.89. The molecule has 0 saturated heterocycles. The van der Waals surface area contributed by atoms with Gasteiger partial charge in [-0.15, -0.1) is 0 Å². The number of hydrogen-bond acceptors (Lipinski definition) is 4. The number of methoxy groups -OCH3 is 1. The molecular weight excluding hydrogens is 371 g/mol. The van der Waals surface area contributed by atoms with Crippen molar-refractivity contribution in [2.75, 3.05) is 19.5 Å². The maximum absolute atomic E-state index is 13.7. The fourth-order valence-corrected chi connectivity index (χ4v) is 3.73. The largest absolute Gasteiger partial charge is 0.494 e. The lowest BCUT2D eigenvalue weighted by atomic mass is 10.1. The van der Waals surface area contributed by atoms with E-state index in [-0.39, 0.29) is 29.0 Å². The Balaban J connectivity index is 2.06. The first kappa shape index (κ1) is 20.9. The Kier molecular flexibility index (Phi) is 6.56. The van der Waals surface area contributed by atoms with Crippen LogP contribution in [0.2, 0.25) is 0 Å². The third-order valence-electron chi connectivity index (χ3n) is 4.12.